The van der Waals surface area contributed by atoms with Crippen LogP contribution in [-0.4, -0.2) is 16.3 Å². The van der Waals surface area contributed by atoms with Gasteiger partial charge in [0.15, 0.2) is 5.58 Å². The molecule has 0 radical (unpaired) electrons. The van der Waals surface area contributed by atoms with Gasteiger partial charge in [-0.3, -0.25) is 4.99 Å². The van der Waals surface area contributed by atoms with Gasteiger partial charge in [-0.1, -0.05) is 96.1 Å². The van der Waals surface area contributed by atoms with Gasteiger partial charge < -0.3 is 9.52 Å². The average molecular weight is 609 g/mol. The maximum atomic E-state index is 10.7. The van der Waals surface area contributed by atoms with Gasteiger partial charge in [-0.15, -0.1) is 11.3 Å². The molecule has 0 saturated carbocycles. The van der Waals surface area contributed by atoms with Crippen molar-refractivity contribution < 1.29 is 9.52 Å². The SMILES string of the molecule is CC(C)(C)c1ccc(O)c(C=Nc2c(-c3nc4c(-c5cc6ccccc6s5)cc(C(C)(C)C)cc4o3)ccc3ccccc23)c1. The summed E-state index contributed by atoms with van der Waals surface area (Å²) in [6.45, 7) is 13.2. The molecule has 0 amide bonds. The first-order valence-electron chi connectivity index (χ1n) is 15.3. The molecule has 0 aliphatic heterocycles. The van der Waals surface area contributed by atoms with Crippen LogP contribution in [0.1, 0.15) is 58.2 Å². The number of rotatable bonds is 4. The molecule has 0 aliphatic rings. The number of aromatic hydroxyl groups is 1. The molecular weight excluding hydrogens is 573 g/mol. The van der Waals surface area contributed by atoms with Crippen molar-refractivity contribution in [2.24, 2.45) is 4.99 Å². The highest BCUT2D eigenvalue weighted by molar-refractivity contribution is 7.22. The molecule has 0 bridgehead atoms. The van der Waals surface area contributed by atoms with Crippen molar-refractivity contribution in [3.63, 3.8) is 0 Å². The lowest BCUT2D eigenvalue weighted by atomic mass is 9.85. The fourth-order valence-electron chi connectivity index (χ4n) is 5.71. The Labute approximate surface area is 267 Å². The molecule has 1 N–H and O–H groups in total. The number of fused-ring (bicyclic) bond motifs is 3. The predicted octanol–water partition coefficient (Wildman–Crippen LogP) is 11.6. The first kappa shape index (κ1) is 29.0. The average Bonchev–Trinajstić information content (AvgIpc) is 3.63. The van der Waals surface area contributed by atoms with Crippen LogP contribution < -0.4 is 0 Å². The highest BCUT2D eigenvalue weighted by atomic mass is 32.1. The maximum absolute atomic E-state index is 10.7. The highest BCUT2D eigenvalue weighted by Gasteiger charge is 2.23. The summed E-state index contributed by atoms with van der Waals surface area (Å²) in [7, 11) is 0. The number of phenolic OH excluding ortho intramolecular Hbond substituents is 1. The molecular formula is C40H36N2O2S. The van der Waals surface area contributed by atoms with Gasteiger partial charge in [0.2, 0.25) is 5.89 Å². The third kappa shape index (κ3) is 5.42. The molecule has 0 aliphatic carbocycles. The third-order valence-corrected chi connectivity index (χ3v) is 9.56. The van der Waals surface area contributed by atoms with Gasteiger partial charge in [0, 0.05) is 32.3 Å². The summed E-state index contributed by atoms with van der Waals surface area (Å²) in [6, 6.07) is 33.2. The summed E-state index contributed by atoms with van der Waals surface area (Å²) in [5.74, 6) is 0.710. The van der Waals surface area contributed by atoms with Gasteiger partial charge in [0.25, 0.3) is 0 Å². The molecule has 2 heterocycles. The van der Waals surface area contributed by atoms with Crippen molar-refractivity contribution >= 4 is 55.2 Å². The molecule has 2 aromatic heterocycles. The summed E-state index contributed by atoms with van der Waals surface area (Å²) in [6.07, 6.45) is 1.75. The van der Waals surface area contributed by atoms with E-state index in [0.717, 1.165) is 49.1 Å². The third-order valence-electron chi connectivity index (χ3n) is 8.41. The zero-order chi connectivity index (χ0) is 31.5. The zero-order valence-electron chi connectivity index (χ0n) is 26.5. The van der Waals surface area contributed by atoms with E-state index in [0.29, 0.717) is 11.5 Å². The highest BCUT2D eigenvalue weighted by Crippen LogP contribution is 2.43. The monoisotopic (exact) mass is 608 g/mol. The second kappa shape index (κ2) is 10.7. The minimum Gasteiger partial charge on any atom is -0.507 e. The summed E-state index contributed by atoms with van der Waals surface area (Å²) < 4.78 is 7.87. The van der Waals surface area contributed by atoms with Crippen molar-refractivity contribution in [3.05, 3.63) is 114 Å². The van der Waals surface area contributed by atoms with Gasteiger partial charge in [-0.05, 0) is 75.2 Å². The summed E-state index contributed by atoms with van der Waals surface area (Å²) in [5.41, 5.74) is 7.06. The molecule has 7 rings (SSSR count). The van der Waals surface area contributed by atoms with Crippen LogP contribution in [0.15, 0.2) is 106 Å². The van der Waals surface area contributed by atoms with E-state index in [9.17, 15) is 5.11 Å². The van der Waals surface area contributed by atoms with E-state index in [1.165, 1.54) is 15.6 Å². The van der Waals surface area contributed by atoms with E-state index < -0.39 is 0 Å². The number of aromatic nitrogens is 1. The first-order valence-corrected chi connectivity index (χ1v) is 16.1. The summed E-state index contributed by atoms with van der Waals surface area (Å²) >= 11 is 1.78. The summed E-state index contributed by atoms with van der Waals surface area (Å²) in [4.78, 5) is 11.3. The second-order valence-electron chi connectivity index (χ2n) is 13.8. The fraction of sp³-hybridized carbons (Fsp3) is 0.200. The van der Waals surface area contributed by atoms with E-state index in [-0.39, 0.29) is 16.6 Å². The van der Waals surface area contributed by atoms with Gasteiger partial charge in [-0.25, -0.2) is 4.98 Å². The van der Waals surface area contributed by atoms with Gasteiger partial charge in [-0.2, -0.15) is 0 Å². The maximum Gasteiger partial charge on any atom is 0.229 e. The van der Waals surface area contributed by atoms with Crippen molar-refractivity contribution in [3.8, 4) is 27.6 Å². The van der Waals surface area contributed by atoms with Crippen molar-refractivity contribution in [1.29, 1.82) is 0 Å². The number of hydrogen-bond donors (Lipinski definition) is 1. The molecule has 0 fully saturated rings. The normalized spacial score (nSPS) is 12.7. The zero-order valence-corrected chi connectivity index (χ0v) is 27.3. The van der Waals surface area contributed by atoms with Crippen LogP contribution in [0.4, 0.5) is 5.69 Å². The number of thiophene rings is 1. The van der Waals surface area contributed by atoms with Crippen LogP contribution in [0.2, 0.25) is 0 Å². The molecule has 5 aromatic carbocycles. The Hall–Kier alpha value is -4.74. The minimum atomic E-state index is -0.0748. The van der Waals surface area contributed by atoms with Crippen molar-refractivity contribution in [1.82, 2.24) is 4.98 Å². The molecule has 224 valence electrons. The van der Waals surface area contributed by atoms with E-state index >= 15 is 0 Å². The van der Waals surface area contributed by atoms with E-state index in [1.54, 1.807) is 23.6 Å². The minimum absolute atomic E-state index is 0.0584. The van der Waals surface area contributed by atoms with Crippen LogP contribution >= 0.6 is 11.3 Å². The van der Waals surface area contributed by atoms with Gasteiger partial charge >= 0.3 is 0 Å². The standard InChI is InChI=1S/C40H36N2O2S/c1-39(2,3)27-16-18-32(43)26(19-27)23-41-36-29-13-9-7-11-24(29)15-17-30(36)38-42-37-31(21-28(40(4,5)6)22-33(37)44-38)35-20-25-12-8-10-14-34(25)45-35/h7-23,43H,1-6H3. The molecule has 4 nitrogen and oxygen atoms in total. The number of hydrogen-bond acceptors (Lipinski definition) is 5. The number of oxazole rings is 1. The lowest BCUT2D eigenvalue weighted by molar-refractivity contribution is 0.473. The van der Waals surface area contributed by atoms with Gasteiger partial charge in [0.05, 0.1) is 11.3 Å². The smallest absolute Gasteiger partial charge is 0.229 e. The Bertz CT molecular complexity index is 2220. The molecule has 5 heteroatoms. The number of aliphatic imine (C=N–C) groups is 1. The van der Waals surface area contributed by atoms with Crippen LogP contribution in [0.5, 0.6) is 5.75 Å². The Kier molecular flexibility index (Phi) is 6.90. The molecule has 0 unspecified atom stereocenters. The Balaban J connectivity index is 1.43. The lowest BCUT2D eigenvalue weighted by Gasteiger charge is -2.19. The molecule has 45 heavy (non-hydrogen) atoms. The number of benzene rings is 5. The molecule has 0 saturated heterocycles. The molecule has 0 atom stereocenters. The van der Waals surface area contributed by atoms with Crippen molar-refractivity contribution in [2.75, 3.05) is 0 Å². The van der Waals surface area contributed by atoms with Gasteiger partial charge in [0.1, 0.15) is 11.3 Å². The molecule has 7 aromatic rings. The fourth-order valence-corrected chi connectivity index (χ4v) is 6.79. The Morgan fingerprint density at radius 3 is 2.22 bits per heavy atom. The second-order valence-corrected chi connectivity index (χ2v) is 14.8. The van der Waals surface area contributed by atoms with E-state index in [1.807, 2.05) is 30.3 Å². The van der Waals surface area contributed by atoms with Crippen LogP contribution in [0.3, 0.4) is 0 Å². The lowest BCUT2D eigenvalue weighted by Crippen LogP contribution is -2.11. The van der Waals surface area contributed by atoms with E-state index in [2.05, 4.69) is 102 Å². The largest absolute Gasteiger partial charge is 0.507 e. The van der Waals surface area contributed by atoms with E-state index in [4.69, 9.17) is 14.4 Å². The van der Waals surface area contributed by atoms with Crippen molar-refractivity contribution in [2.45, 2.75) is 52.4 Å². The predicted molar refractivity (Wildman–Crippen MR) is 191 cm³/mol. The Morgan fingerprint density at radius 1 is 0.733 bits per heavy atom. The van der Waals surface area contributed by atoms with Crippen LogP contribution in [0.25, 0.3) is 53.9 Å². The molecule has 0 spiro atoms. The van der Waals surface area contributed by atoms with Crippen LogP contribution in [-0.2, 0) is 10.8 Å². The Morgan fingerprint density at radius 2 is 1.47 bits per heavy atom. The number of phenols is 1. The first-order chi connectivity index (χ1) is 21.5. The van der Waals surface area contributed by atoms with Crippen LogP contribution in [0, 0.1) is 0 Å². The quantitative estimate of drug-likeness (QED) is 0.202. The summed E-state index contributed by atoms with van der Waals surface area (Å²) in [5, 5.41) is 14.0. The number of nitrogens with zero attached hydrogens (tertiary/aromatic N) is 2. The topological polar surface area (TPSA) is 58.6 Å².